The maximum absolute atomic E-state index is 11.1. The second kappa shape index (κ2) is 6.93. The van der Waals surface area contributed by atoms with Gasteiger partial charge < -0.3 is 5.32 Å². The molecule has 0 saturated heterocycles. The van der Waals surface area contributed by atoms with E-state index in [1.165, 1.54) is 6.20 Å². The Hall–Kier alpha value is -2.29. The van der Waals surface area contributed by atoms with Crippen molar-refractivity contribution in [2.75, 3.05) is 11.9 Å². The van der Waals surface area contributed by atoms with Crippen LogP contribution in [0.25, 0.3) is 0 Å². The molecule has 0 fully saturated rings. The smallest absolute Gasteiger partial charge is 0.320 e. The molecular weight excluding hydrogens is 292 g/mol. The molecule has 0 saturated carbocycles. The molecule has 8 nitrogen and oxygen atoms in total. The SMILES string of the molecule is CCCNc1ncc([N+](=O)[O-])c(Sc2nccc(C)n2)n1. The summed E-state index contributed by atoms with van der Waals surface area (Å²) in [7, 11) is 0. The molecular formula is C12H14N6O2S. The van der Waals surface area contributed by atoms with Crippen LogP contribution in [0.15, 0.2) is 28.6 Å². The number of nitrogens with zero attached hydrogens (tertiary/aromatic N) is 5. The van der Waals surface area contributed by atoms with E-state index < -0.39 is 4.92 Å². The molecule has 0 radical (unpaired) electrons. The predicted molar refractivity (Wildman–Crippen MR) is 78.4 cm³/mol. The number of nitro groups is 1. The van der Waals surface area contributed by atoms with E-state index in [9.17, 15) is 10.1 Å². The van der Waals surface area contributed by atoms with Gasteiger partial charge in [-0.05, 0) is 31.2 Å². The normalized spacial score (nSPS) is 10.4. The highest BCUT2D eigenvalue weighted by molar-refractivity contribution is 7.99. The third kappa shape index (κ3) is 4.09. The zero-order valence-electron chi connectivity index (χ0n) is 11.6. The van der Waals surface area contributed by atoms with Gasteiger partial charge in [0.05, 0.1) is 4.92 Å². The Morgan fingerprint density at radius 1 is 1.38 bits per heavy atom. The first-order valence-corrected chi connectivity index (χ1v) is 7.14. The lowest BCUT2D eigenvalue weighted by molar-refractivity contribution is -0.388. The molecule has 0 aliphatic rings. The summed E-state index contributed by atoms with van der Waals surface area (Å²) in [4.78, 5) is 26.9. The van der Waals surface area contributed by atoms with Gasteiger partial charge in [0.15, 0.2) is 10.2 Å². The van der Waals surface area contributed by atoms with Crippen LogP contribution in [0.2, 0.25) is 0 Å². The van der Waals surface area contributed by atoms with Crippen molar-refractivity contribution >= 4 is 23.4 Å². The van der Waals surface area contributed by atoms with Gasteiger partial charge in [0.25, 0.3) is 0 Å². The molecule has 0 aliphatic heterocycles. The van der Waals surface area contributed by atoms with E-state index in [4.69, 9.17) is 0 Å². The summed E-state index contributed by atoms with van der Waals surface area (Å²) in [6.45, 7) is 4.53. The Bertz CT molecular complexity index is 651. The predicted octanol–water partition coefficient (Wildman–Crippen LogP) is 2.46. The first-order valence-electron chi connectivity index (χ1n) is 6.33. The van der Waals surface area contributed by atoms with Crippen molar-refractivity contribution in [3.63, 3.8) is 0 Å². The van der Waals surface area contributed by atoms with Crippen LogP contribution in [0.1, 0.15) is 19.0 Å². The average molecular weight is 306 g/mol. The zero-order chi connectivity index (χ0) is 15.2. The number of nitrogens with one attached hydrogen (secondary N) is 1. The van der Waals surface area contributed by atoms with Crippen LogP contribution in [0.3, 0.4) is 0 Å². The second-order valence-electron chi connectivity index (χ2n) is 4.15. The van der Waals surface area contributed by atoms with E-state index in [1.54, 1.807) is 12.3 Å². The van der Waals surface area contributed by atoms with Gasteiger partial charge in [-0.3, -0.25) is 10.1 Å². The summed E-state index contributed by atoms with van der Waals surface area (Å²) in [5.74, 6) is 0.359. The van der Waals surface area contributed by atoms with Gasteiger partial charge in [-0.1, -0.05) is 6.92 Å². The highest BCUT2D eigenvalue weighted by Crippen LogP contribution is 2.31. The molecule has 0 amide bonds. The molecule has 2 heterocycles. The van der Waals surface area contributed by atoms with E-state index in [1.807, 2.05) is 13.8 Å². The molecule has 0 aliphatic carbocycles. The lowest BCUT2D eigenvalue weighted by Crippen LogP contribution is -2.06. The highest BCUT2D eigenvalue weighted by Gasteiger charge is 2.19. The van der Waals surface area contributed by atoms with Crippen molar-refractivity contribution in [2.24, 2.45) is 0 Å². The van der Waals surface area contributed by atoms with Crippen molar-refractivity contribution in [3.8, 4) is 0 Å². The molecule has 0 atom stereocenters. The number of hydrogen-bond donors (Lipinski definition) is 1. The third-order valence-corrected chi connectivity index (χ3v) is 3.30. The van der Waals surface area contributed by atoms with Gasteiger partial charge in [0.2, 0.25) is 5.95 Å². The fraction of sp³-hybridized carbons (Fsp3) is 0.333. The van der Waals surface area contributed by atoms with Gasteiger partial charge in [0, 0.05) is 18.4 Å². The maximum Gasteiger partial charge on any atom is 0.320 e. The Labute approximate surface area is 125 Å². The van der Waals surface area contributed by atoms with Gasteiger partial charge in [-0.25, -0.2) is 15.0 Å². The summed E-state index contributed by atoms with van der Waals surface area (Å²) in [5, 5.41) is 14.7. The molecule has 0 unspecified atom stereocenters. The number of rotatable bonds is 6. The molecule has 2 aromatic heterocycles. The van der Waals surface area contributed by atoms with E-state index in [0.717, 1.165) is 23.9 Å². The molecule has 0 bridgehead atoms. The van der Waals surface area contributed by atoms with Crippen LogP contribution in [-0.4, -0.2) is 31.4 Å². The fourth-order valence-electron chi connectivity index (χ4n) is 1.44. The number of aromatic nitrogens is 4. The quantitative estimate of drug-likeness (QED) is 0.375. The fourth-order valence-corrected chi connectivity index (χ4v) is 2.28. The van der Waals surface area contributed by atoms with E-state index in [2.05, 4.69) is 25.3 Å². The standard InChI is InChI=1S/C12H14N6O2S/c1-3-5-13-11-15-7-9(18(19)20)10(17-11)21-12-14-6-4-8(2)16-12/h4,6-7H,3,5H2,1-2H3,(H,13,15,17). The molecule has 9 heteroatoms. The van der Waals surface area contributed by atoms with Crippen LogP contribution < -0.4 is 5.32 Å². The first-order chi connectivity index (χ1) is 10.1. The molecule has 1 N–H and O–H groups in total. The van der Waals surface area contributed by atoms with Crippen molar-refractivity contribution < 1.29 is 4.92 Å². The van der Waals surface area contributed by atoms with E-state index in [-0.39, 0.29) is 10.7 Å². The van der Waals surface area contributed by atoms with Crippen LogP contribution in [0.5, 0.6) is 0 Å². The van der Waals surface area contributed by atoms with Crippen molar-refractivity contribution in [1.29, 1.82) is 0 Å². The third-order valence-electron chi connectivity index (χ3n) is 2.43. The van der Waals surface area contributed by atoms with Gasteiger partial charge >= 0.3 is 5.69 Å². The Kier molecular flexibility index (Phi) is 4.99. The van der Waals surface area contributed by atoms with Gasteiger partial charge in [-0.2, -0.15) is 4.98 Å². The Morgan fingerprint density at radius 3 is 2.86 bits per heavy atom. The zero-order valence-corrected chi connectivity index (χ0v) is 12.4. The highest BCUT2D eigenvalue weighted by atomic mass is 32.2. The minimum absolute atomic E-state index is 0.160. The molecule has 21 heavy (non-hydrogen) atoms. The molecule has 110 valence electrons. The topological polar surface area (TPSA) is 107 Å². The summed E-state index contributed by atoms with van der Waals surface area (Å²) in [6.07, 6.45) is 3.71. The average Bonchev–Trinajstić information content (AvgIpc) is 2.45. The summed E-state index contributed by atoms with van der Waals surface area (Å²) in [5.41, 5.74) is 0.626. The minimum atomic E-state index is -0.512. The largest absolute Gasteiger partial charge is 0.354 e. The monoisotopic (exact) mass is 306 g/mol. The lowest BCUT2D eigenvalue weighted by Gasteiger charge is -2.05. The minimum Gasteiger partial charge on any atom is -0.354 e. The molecule has 2 rings (SSSR count). The maximum atomic E-state index is 11.1. The number of hydrogen-bond acceptors (Lipinski definition) is 8. The van der Waals surface area contributed by atoms with Crippen LogP contribution in [0.4, 0.5) is 11.6 Å². The van der Waals surface area contributed by atoms with E-state index >= 15 is 0 Å². The molecule has 0 spiro atoms. The Balaban J connectivity index is 2.31. The van der Waals surface area contributed by atoms with Crippen molar-refractivity contribution in [3.05, 3.63) is 34.3 Å². The van der Waals surface area contributed by atoms with Crippen LogP contribution in [0, 0.1) is 17.0 Å². The van der Waals surface area contributed by atoms with Gasteiger partial charge in [-0.15, -0.1) is 0 Å². The molecule has 0 aromatic carbocycles. The first kappa shape index (κ1) is 15.1. The second-order valence-corrected chi connectivity index (χ2v) is 5.11. The van der Waals surface area contributed by atoms with Crippen LogP contribution >= 0.6 is 11.8 Å². The van der Waals surface area contributed by atoms with Gasteiger partial charge in [0.1, 0.15) is 6.20 Å². The Morgan fingerprint density at radius 2 is 2.19 bits per heavy atom. The number of anilines is 1. The molecule has 2 aromatic rings. The number of aryl methyl sites for hydroxylation is 1. The summed E-state index contributed by atoms with van der Waals surface area (Å²) < 4.78 is 0. The van der Waals surface area contributed by atoms with Crippen molar-refractivity contribution in [1.82, 2.24) is 19.9 Å². The lowest BCUT2D eigenvalue weighted by atomic mass is 10.5. The van der Waals surface area contributed by atoms with E-state index in [0.29, 0.717) is 17.6 Å². The summed E-state index contributed by atoms with van der Waals surface area (Å²) in [6, 6.07) is 1.76. The summed E-state index contributed by atoms with van der Waals surface area (Å²) >= 11 is 1.05. The van der Waals surface area contributed by atoms with Crippen molar-refractivity contribution in [2.45, 2.75) is 30.5 Å². The van der Waals surface area contributed by atoms with Crippen LogP contribution in [-0.2, 0) is 0 Å².